The van der Waals surface area contributed by atoms with Crippen molar-refractivity contribution in [3.8, 4) is 0 Å². The first-order chi connectivity index (χ1) is 7.65. The van der Waals surface area contributed by atoms with Crippen LogP contribution in [0.2, 0.25) is 0 Å². The number of methoxy groups -OCH3 is 2. The molecule has 0 saturated carbocycles. The van der Waals surface area contributed by atoms with Crippen LogP contribution in [0.15, 0.2) is 28.5 Å². The summed E-state index contributed by atoms with van der Waals surface area (Å²) in [6.07, 6.45) is 1.60. The Labute approximate surface area is 91.2 Å². The molecule has 0 fully saturated rings. The maximum Gasteiger partial charge on any atom is 0.442 e. The molecule has 0 spiro atoms. The lowest BCUT2D eigenvalue weighted by Crippen LogP contribution is -2.30. The van der Waals surface area contributed by atoms with Crippen LogP contribution >= 0.6 is 0 Å². The second kappa shape index (κ2) is 3.90. The normalized spacial score (nSPS) is 23.9. The molecular formula is C10H9NO5. The van der Waals surface area contributed by atoms with Crippen molar-refractivity contribution in [2.45, 2.75) is 6.10 Å². The summed E-state index contributed by atoms with van der Waals surface area (Å²) in [6, 6.07) is 0. The molecule has 0 N–H and O–H groups in total. The first kappa shape index (κ1) is 10.6. The van der Waals surface area contributed by atoms with Crippen LogP contribution in [-0.4, -0.2) is 38.1 Å². The highest BCUT2D eigenvalue weighted by molar-refractivity contribution is 6.30. The molecule has 0 aromatic heterocycles. The molecule has 0 saturated heterocycles. The van der Waals surface area contributed by atoms with Crippen LogP contribution in [0.25, 0.3) is 0 Å². The average Bonchev–Trinajstić information content (AvgIpc) is 2.27. The smallest absolute Gasteiger partial charge is 0.442 e. The molecule has 1 aliphatic carbocycles. The number of fused-ring (bicyclic) bond motifs is 1. The van der Waals surface area contributed by atoms with Crippen molar-refractivity contribution in [2.75, 3.05) is 14.2 Å². The SMILES string of the molecule is COC1=CC2=NC(=O)OC(=O)C2=CC1OC. The van der Waals surface area contributed by atoms with Crippen molar-refractivity contribution in [1.82, 2.24) is 0 Å². The van der Waals surface area contributed by atoms with E-state index in [-0.39, 0.29) is 11.3 Å². The number of amides is 1. The van der Waals surface area contributed by atoms with Crippen LogP contribution in [0.4, 0.5) is 4.79 Å². The molecule has 0 aromatic rings. The topological polar surface area (TPSA) is 74.2 Å². The minimum absolute atomic E-state index is 0.215. The minimum atomic E-state index is -0.917. The Hall–Kier alpha value is -1.95. The van der Waals surface area contributed by atoms with Crippen molar-refractivity contribution < 1.29 is 23.8 Å². The van der Waals surface area contributed by atoms with Crippen LogP contribution in [0.1, 0.15) is 0 Å². The van der Waals surface area contributed by atoms with Crippen LogP contribution in [-0.2, 0) is 19.0 Å². The third-order valence-electron chi connectivity index (χ3n) is 2.25. The van der Waals surface area contributed by atoms with Gasteiger partial charge in [-0.05, 0) is 6.08 Å². The molecule has 0 radical (unpaired) electrons. The van der Waals surface area contributed by atoms with E-state index < -0.39 is 18.2 Å². The Bertz CT molecular complexity index is 446. The van der Waals surface area contributed by atoms with Crippen molar-refractivity contribution in [3.05, 3.63) is 23.5 Å². The van der Waals surface area contributed by atoms with E-state index in [1.54, 1.807) is 0 Å². The quantitative estimate of drug-likeness (QED) is 0.506. The van der Waals surface area contributed by atoms with E-state index in [4.69, 9.17) is 9.47 Å². The number of carbonyl (C=O) groups excluding carboxylic acids is 2. The number of esters is 1. The lowest BCUT2D eigenvalue weighted by molar-refractivity contribution is -0.132. The number of cyclic esters (lactones) is 2. The number of ether oxygens (including phenoxy) is 3. The molecule has 0 bridgehead atoms. The molecule has 6 heteroatoms. The molecule has 1 unspecified atom stereocenters. The van der Waals surface area contributed by atoms with E-state index in [0.717, 1.165) is 0 Å². The molecule has 1 heterocycles. The van der Waals surface area contributed by atoms with Crippen molar-refractivity contribution in [1.29, 1.82) is 0 Å². The maximum absolute atomic E-state index is 11.4. The first-order valence-electron chi connectivity index (χ1n) is 4.51. The highest BCUT2D eigenvalue weighted by Gasteiger charge is 2.31. The van der Waals surface area contributed by atoms with Gasteiger partial charge in [0.2, 0.25) is 0 Å². The number of hydrogen-bond donors (Lipinski definition) is 0. The Balaban J connectivity index is 2.45. The van der Waals surface area contributed by atoms with E-state index in [2.05, 4.69) is 9.73 Å². The number of rotatable bonds is 2. The number of aliphatic imine (C=N–C) groups is 1. The van der Waals surface area contributed by atoms with Gasteiger partial charge in [-0.15, -0.1) is 0 Å². The fraction of sp³-hybridized carbons (Fsp3) is 0.300. The van der Waals surface area contributed by atoms with Gasteiger partial charge in [0, 0.05) is 13.2 Å². The van der Waals surface area contributed by atoms with Gasteiger partial charge >= 0.3 is 12.1 Å². The van der Waals surface area contributed by atoms with Crippen molar-refractivity contribution in [3.63, 3.8) is 0 Å². The van der Waals surface area contributed by atoms with E-state index in [1.165, 1.54) is 26.4 Å². The summed E-state index contributed by atoms with van der Waals surface area (Å²) in [4.78, 5) is 25.9. The summed E-state index contributed by atoms with van der Waals surface area (Å²) in [7, 11) is 2.95. The molecule has 1 aliphatic heterocycles. The number of hydrogen-bond acceptors (Lipinski definition) is 5. The summed E-state index contributed by atoms with van der Waals surface area (Å²) in [5.74, 6) is -0.240. The maximum atomic E-state index is 11.4. The van der Waals surface area contributed by atoms with Gasteiger partial charge in [-0.3, -0.25) is 0 Å². The second-order valence-electron chi connectivity index (χ2n) is 3.14. The zero-order chi connectivity index (χ0) is 11.7. The predicted octanol–water partition coefficient (Wildman–Crippen LogP) is 0.589. The Kier molecular flexibility index (Phi) is 2.57. The number of allylic oxidation sites excluding steroid dienone is 1. The van der Waals surface area contributed by atoms with Gasteiger partial charge in [0.15, 0.2) is 0 Å². The van der Waals surface area contributed by atoms with E-state index >= 15 is 0 Å². The van der Waals surface area contributed by atoms with Crippen LogP contribution < -0.4 is 0 Å². The van der Waals surface area contributed by atoms with Gasteiger partial charge < -0.3 is 14.2 Å². The van der Waals surface area contributed by atoms with Gasteiger partial charge in [-0.25, -0.2) is 9.59 Å². The Morgan fingerprint density at radius 2 is 2.12 bits per heavy atom. The zero-order valence-corrected chi connectivity index (χ0v) is 8.72. The summed E-state index contributed by atoms with van der Waals surface area (Å²) >= 11 is 0. The molecule has 1 atom stereocenters. The molecule has 1 amide bonds. The second-order valence-corrected chi connectivity index (χ2v) is 3.14. The number of nitrogens with zero attached hydrogens (tertiary/aromatic N) is 1. The predicted molar refractivity (Wildman–Crippen MR) is 52.9 cm³/mol. The van der Waals surface area contributed by atoms with Gasteiger partial charge in [-0.1, -0.05) is 0 Å². The van der Waals surface area contributed by atoms with Crippen molar-refractivity contribution >= 4 is 17.8 Å². The molecule has 2 rings (SSSR count). The van der Waals surface area contributed by atoms with Crippen LogP contribution in [0.5, 0.6) is 0 Å². The standard InChI is InChI=1S/C10H9NO5/c1-14-7-3-5-6(4-8(7)15-2)11-10(13)16-9(5)12/h3-4,7H,1-2H3. The van der Waals surface area contributed by atoms with Gasteiger partial charge in [0.25, 0.3) is 0 Å². The molecular weight excluding hydrogens is 214 g/mol. The van der Waals surface area contributed by atoms with Crippen LogP contribution in [0, 0.1) is 0 Å². The lowest BCUT2D eigenvalue weighted by atomic mass is 10.00. The fourth-order valence-corrected chi connectivity index (χ4v) is 1.49. The van der Waals surface area contributed by atoms with Gasteiger partial charge in [0.05, 0.1) is 18.4 Å². The highest BCUT2D eigenvalue weighted by Crippen LogP contribution is 2.22. The van der Waals surface area contributed by atoms with Gasteiger partial charge in [0.1, 0.15) is 11.9 Å². The first-order valence-corrected chi connectivity index (χ1v) is 4.51. The molecule has 6 nitrogen and oxygen atoms in total. The Morgan fingerprint density at radius 3 is 2.75 bits per heavy atom. The Morgan fingerprint density at radius 1 is 1.38 bits per heavy atom. The largest absolute Gasteiger partial charge is 0.498 e. The zero-order valence-electron chi connectivity index (χ0n) is 8.72. The molecule has 0 aromatic carbocycles. The summed E-state index contributed by atoms with van der Waals surface area (Å²) in [5.41, 5.74) is 0.457. The molecule has 2 aliphatic rings. The van der Waals surface area contributed by atoms with E-state index in [1.807, 2.05) is 0 Å². The average molecular weight is 223 g/mol. The van der Waals surface area contributed by atoms with Gasteiger partial charge in [-0.2, -0.15) is 4.99 Å². The third kappa shape index (κ3) is 1.63. The van der Waals surface area contributed by atoms with E-state index in [9.17, 15) is 9.59 Å². The minimum Gasteiger partial charge on any atom is -0.498 e. The monoisotopic (exact) mass is 223 g/mol. The third-order valence-corrected chi connectivity index (χ3v) is 2.25. The summed E-state index contributed by atoms with van der Waals surface area (Å²) in [5, 5.41) is 0. The fourth-order valence-electron chi connectivity index (χ4n) is 1.49. The molecule has 16 heavy (non-hydrogen) atoms. The summed E-state index contributed by atoms with van der Waals surface area (Å²) in [6.45, 7) is 0. The number of carbonyl (C=O) groups is 2. The van der Waals surface area contributed by atoms with E-state index in [0.29, 0.717) is 5.76 Å². The highest BCUT2D eigenvalue weighted by atomic mass is 16.6. The molecule has 84 valence electrons. The van der Waals surface area contributed by atoms with Crippen LogP contribution in [0.3, 0.4) is 0 Å². The lowest BCUT2D eigenvalue weighted by Gasteiger charge is -2.22. The van der Waals surface area contributed by atoms with Crippen molar-refractivity contribution in [2.24, 2.45) is 4.99 Å². The summed E-state index contributed by atoms with van der Waals surface area (Å²) < 4.78 is 14.5.